The minimum Gasteiger partial charge on any atom is -0.452 e. The van der Waals surface area contributed by atoms with Crippen molar-refractivity contribution >= 4 is 23.3 Å². The van der Waals surface area contributed by atoms with E-state index in [4.69, 9.17) is 4.74 Å². The highest BCUT2D eigenvalue weighted by atomic mass is 16.5. The van der Waals surface area contributed by atoms with Crippen LogP contribution in [0.2, 0.25) is 0 Å². The third kappa shape index (κ3) is 4.79. The van der Waals surface area contributed by atoms with E-state index in [1.807, 2.05) is 36.6 Å². The molecule has 0 spiro atoms. The highest BCUT2D eigenvalue weighted by Gasteiger charge is 2.13. The number of benzene rings is 2. The largest absolute Gasteiger partial charge is 0.452 e. The Morgan fingerprint density at radius 2 is 1.55 bits per heavy atom. The number of ether oxygens (including phenoxy) is 1. The Balaban J connectivity index is 1.61. The fourth-order valence-corrected chi connectivity index (χ4v) is 3.05. The first-order valence-electron chi connectivity index (χ1n) is 9.18. The fraction of sp³-hybridized carbons (Fsp3) is 0.174. The molecule has 29 heavy (non-hydrogen) atoms. The highest BCUT2D eigenvalue weighted by molar-refractivity contribution is 5.97. The molecule has 0 radical (unpaired) electrons. The number of aryl methyl sites for hydroxylation is 2. The van der Waals surface area contributed by atoms with Gasteiger partial charge in [-0.25, -0.2) is 4.79 Å². The molecule has 0 aliphatic carbocycles. The predicted molar refractivity (Wildman–Crippen MR) is 111 cm³/mol. The number of esters is 1. The molecule has 148 valence electrons. The number of amides is 1. The third-order valence-corrected chi connectivity index (χ3v) is 4.52. The molecule has 1 amide bonds. The Bertz CT molecular complexity index is 1050. The molecule has 0 fully saturated rings. The molecular formula is C23H22N2O4. The van der Waals surface area contributed by atoms with E-state index in [2.05, 4.69) is 5.32 Å². The van der Waals surface area contributed by atoms with Gasteiger partial charge in [0.1, 0.15) is 0 Å². The molecule has 0 atom stereocenters. The van der Waals surface area contributed by atoms with Crippen LogP contribution in [0, 0.1) is 13.8 Å². The van der Waals surface area contributed by atoms with Gasteiger partial charge < -0.3 is 14.6 Å². The second-order valence-electron chi connectivity index (χ2n) is 6.76. The second-order valence-corrected chi connectivity index (χ2v) is 6.76. The van der Waals surface area contributed by atoms with Gasteiger partial charge in [0.15, 0.2) is 12.4 Å². The summed E-state index contributed by atoms with van der Waals surface area (Å²) in [6.45, 7) is 5.05. The summed E-state index contributed by atoms with van der Waals surface area (Å²) >= 11 is 0. The molecule has 0 saturated carbocycles. The fourth-order valence-electron chi connectivity index (χ4n) is 3.05. The molecular weight excluding hydrogens is 368 g/mol. The van der Waals surface area contributed by atoms with Crippen molar-refractivity contribution in [2.45, 2.75) is 20.8 Å². The lowest BCUT2D eigenvalue weighted by atomic mass is 10.1. The Labute approximate surface area is 169 Å². The number of nitrogens with zero attached hydrogens (tertiary/aromatic N) is 1. The van der Waals surface area contributed by atoms with Crippen LogP contribution in [0.5, 0.6) is 0 Å². The Morgan fingerprint density at radius 1 is 0.897 bits per heavy atom. The summed E-state index contributed by atoms with van der Waals surface area (Å²) in [5.41, 5.74) is 4.42. The molecule has 2 aromatic carbocycles. The van der Waals surface area contributed by atoms with Crippen molar-refractivity contribution in [3.63, 3.8) is 0 Å². The van der Waals surface area contributed by atoms with Crippen LogP contribution in [0.4, 0.5) is 5.69 Å². The van der Waals surface area contributed by atoms with Gasteiger partial charge in [-0.15, -0.1) is 0 Å². The number of Topliss-reactive ketones (excluding diaryl/α,β-unsaturated/α-hetero) is 1. The number of hydrogen-bond donors (Lipinski definition) is 1. The molecule has 0 saturated heterocycles. The third-order valence-electron chi connectivity index (χ3n) is 4.52. The second kappa shape index (κ2) is 8.56. The zero-order valence-electron chi connectivity index (χ0n) is 16.6. The van der Waals surface area contributed by atoms with E-state index in [0.717, 1.165) is 17.1 Å². The van der Waals surface area contributed by atoms with E-state index >= 15 is 0 Å². The van der Waals surface area contributed by atoms with E-state index in [9.17, 15) is 14.4 Å². The van der Waals surface area contributed by atoms with Crippen molar-refractivity contribution in [1.29, 1.82) is 0 Å². The van der Waals surface area contributed by atoms with Gasteiger partial charge in [-0.2, -0.15) is 0 Å². The molecule has 6 heteroatoms. The van der Waals surface area contributed by atoms with Crippen molar-refractivity contribution in [2.75, 3.05) is 11.9 Å². The SMILES string of the molecule is CC(=O)c1ccc(NC(=O)COC(=O)c2cccc(-n3c(C)ccc3C)c2)cc1. The molecule has 0 aliphatic rings. The van der Waals surface area contributed by atoms with Crippen LogP contribution in [0.1, 0.15) is 39.0 Å². The zero-order valence-corrected chi connectivity index (χ0v) is 16.6. The van der Waals surface area contributed by atoms with Crippen LogP contribution in [0.3, 0.4) is 0 Å². The van der Waals surface area contributed by atoms with Crippen molar-refractivity contribution < 1.29 is 19.1 Å². The summed E-state index contributed by atoms with van der Waals surface area (Å²) in [5, 5.41) is 2.63. The molecule has 0 aliphatic heterocycles. The summed E-state index contributed by atoms with van der Waals surface area (Å²) in [4.78, 5) is 35.7. The Hall–Kier alpha value is -3.67. The van der Waals surface area contributed by atoms with Crippen LogP contribution >= 0.6 is 0 Å². The van der Waals surface area contributed by atoms with Gasteiger partial charge in [-0.3, -0.25) is 9.59 Å². The summed E-state index contributed by atoms with van der Waals surface area (Å²) in [5.74, 6) is -1.08. The summed E-state index contributed by atoms with van der Waals surface area (Å²) in [6.07, 6.45) is 0. The summed E-state index contributed by atoms with van der Waals surface area (Å²) in [6, 6.07) is 17.6. The van der Waals surface area contributed by atoms with E-state index < -0.39 is 18.5 Å². The molecule has 3 aromatic rings. The van der Waals surface area contributed by atoms with E-state index in [1.165, 1.54) is 6.92 Å². The number of ketones is 1. The Kier molecular flexibility index (Phi) is 5.93. The quantitative estimate of drug-likeness (QED) is 0.508. The smallest absolute Gasteiger partial charge is 0.338 e. The van der Waals surface area contributed by atoms with Gasteiger partial charge in [0, 0.05) is 28.3 Å². The average molecular weight is 390 g/mol. The standard InChI is InChI=1S/C23H22N2O4/c1-15-7-8-16(2)25(15)21-6-4-5-19(13-21)23(28)29-14-22(27)24-20-11-9-18(10-12-20)17(3)26/h4-13H,14H2,1-3H3,(H,24,27). The van der Waals surface area contributed by atoms with Crippen LogP contribution in [0.15, 0.2) is 60.7 Å². The molecule has 1 aromatic heterocycles. The normalized spacial score (nSPS) is 10.4. The van der Waals surface area contributed by atoms with E-state index in [1.54, 1.807) is 42.5 Å². The maximum absolute atomic E-state index is 12.4. The van der Waals surface area contributed by atoms with E-state index in [-0.39, 0.29) is 5.78 Å². The molecule has 0 bridgehead atoms. The van der Waals surface area contributed by atoms with Crippen molar-refractivity contribution in [3.8, 4) is 5.69 Å². The molecule has 1 heterocycles. The Morgan fingerprint density at radius 3 is 2.17 bits per heavy atom. The number of nitrogens with one attached hydrogen (secondary N) is 1. The number of anilines is 1. The van der Waals surface area contributed by atoms with Crippen LogP contribution in [-0.4, -0.2) is 28.8 Å². The van der Waals surface area contributed by atoms with Gasteiger partial charge in [-0.05, 0) is 75.4 Å². The zero-order chi connectivity index (χ0) is 21.0. The summed E-state index contributed by atoms with van der Waals surface area (Å²) in [7, 11) is 0. The van der Waals surface area contributed by atoms with Gasteiger partial charge in [0.05, 0.1) is 5.56 Å². The maximum Gasteiger partial charge on any atom is 0.338 e. The number of hydrogen-bond acceptors (Lipinski definition) is 4. The lowest BCUT2D eigenvalue weighted by Crippen LogP contribution is -2.21. The minimum atomic E-state index is -0.573. The van der Waals surface area contributed by atoms with Crippen molar-refractivity contribution in [2.24, 2.45) is 0 Å². The highest BCUT2D eigenvalue weighted by Crippen LogP contribution is 2.18. The number of rotatable bonds is 6. The van der Waals surface area contributed by atoms with Crippen molar-refractivity contribution in [1.82, 2.24) is 4.57 Å². The average Bonchev–Trinajstić information content (AvgIpc) is 3.04. The van der Waals surface area contributed by atoms with Gasteiger partial charge in [0.2, 0.25) is 0 Å². The molecule has 6 nitrogen and oxygen atoms in total. The predicted octanol–water partition coefficient (Wildman–Crippen LogP) is 4.09. The maximum atomic E-state index is 12.4. The molecule has 0 unspecified atom stereocenters. The topological polar surface area (TPSA) is 77.4 Å². The van der Waals surface area contributed by atoms with Gasteiger partial charge in [-0.1, -0.05) is 6.07 Å². The number of carbonyl (C=O) groups excluding carboxylic acids is 3. The summed E-state index contributed by atoms with van der Waals surface area (Å²) < 4.78 is 7.18. The van der Waals surface area contributed by atoms with Crippen LogP contribution < -0.4 is 5.32 Å². The molecule has 3 rings (SSSR count). The first-order chi connectivity index (χ1) is 13.8. The van der Waals surface area contributed by atoms with Gasteiger partial charge >= 0.3 is 5.97 Å². The monoisotopic (exact) mass is 390 g/mol. The molecule has 1 N–H and O–H groups in total. The van der Waals surface area contributed by atoms with Crippen molar-refractivity contribution in [3.05, 3.63) is 83.2 Å². The lowest BCUT2D eigenvalue weighted by molar-refractivity contribution is -0.119. The lowest BCUT2D eigenvalue weighted by Gasteiger charge is -2.11. The first kappa shape index (κ1) is 20.1. The van der Waals surface area contributed by atoms with E-state index in [0.29, 0.717) is 16.8 Å². The minimum absolute atomic E-state index is 0.0515. The first-order valence-corrected chi connectivity index (χ1v) is 9.18. The number of aromatic nitrogens is 1. The van der Waals surface area contributed by atoms with Gasteiger partial charge in [0.25, 0.3) is 5.91 Å². The van der Waals surface area contributed by atoms with Crippen LogP contribution in [-0.2, 0) is 9.53 Å². The van der Waals surface area contributed by atoms with Crippen LogP contribution in [0.25, 0.3) is 5.69 Å². The number of carbonyl (C=O) groups is 3.